The summed E-state index contributed by atoms with van der Waals surface area (Å²) < 4.78 is 2.02. The number of rotatable bonds is 10. The van der Waals surface area contributed by atoms with E-state index in [1.165, 1.54) is 64.2 Å². The minimum atomic E-state index is 0.481. The van der Waals surface area contributed by atoms with Gasteiger partial charge >= 0.3 is 0 Å². The van der Waals surface area contributed by atoms with Gasteiger partial charge in [0.05, 0.1) is 5.69 Å². The quantitative estimate of drug-likeness (QED) is 0.443. The average molecular weight is 319 g/mol. The van der Waals surface area contributed by atoms with Crippen molar-refractivity contribution < 1.29 is 4.79 Å². The van der Waals surface area contributed by atoms with E-state index < -0.39 is 0 Å². The molecule has 0 bridgehead atoms. The molecule has 0 amide bonds. The van der Waals surface area contributed by atoms with Crippen molar-refractivity contribution in [2.75, 3.05) is 0 Å². The van der Waals surface area contributed by atoms with Crippen molar-refractivity contribution in [3.8, 4) is 0 Å². The molecule has 1 aromatic heterocycles. The predicted molar refractivity (Wildman–Crippen MR) is 93.8 cm³/mol. The zero-order chi connectivity index (χ0) is 16.5. The van der Waals surface area contributed by atoms with Crippen molar-refractivity contribution in [2.24, 2.45) is 5.92 Å². The maximum Gasteiger partial charge on any atom is 0.172 e. The third kappa shape index (κ3) is 5.15. The van der Waals surface area contributed by atoms with Crippen molar-refractivity contribution in [3.63, 3.8) is 0 Å². The summed E-state index contributed by atoms with van der Waals surface area (Å²) in [6.45, 7) is 5.40. The van der Waals surface area contributed by atoms with Gasteiger partial charge in [0.15, 0.2) is 6.29 Å². The first kappa shape index (κ1) is 18.2. The SMILES string of the molecule is CCCCCCn1nnc(C=O)c1C1CCC(CCCC)CC1. The van der Waals surface area contributed by atoms with Crippen LogP contribution >= 0.6 is 0 Å². The zero-order valence-electron chi connectivity index (χ0n) is 15.0. The van der Waals surface area contributed by atoms with E-state index in [1.54, 1.807) is 0 Å². The minimum absolute atomic E-state index is 0.481. The second-order valence-electron chi connectivity index (χ2n) is 7.12. The first-order chi connectivity index (χ1) is 11.3. The number of carbonyl (C=O) groups is 1. The van der Waals surface area contributed by atoms with Crippen LogP contribution in [0.15, 0.2) is 0 Å². The third-order valence-corrected chi connectivity index (χ3v) is 5.34. The molecular weight excluding hydrogens is 286 g/mol. The van der Waals surface area contributed by atoms with Gasteiger partial charge in [0.25, 0.3) is 0 Å². The highest BCUT2D eigenvalue weighted by atomic mass is 16.1. The van der Waals surface area contributed by atoms with Gasteiger partial charge in [-0.3, -0.25) is 4.79 Å². The Morgan fingerprint density at radius 1 is 1.04 bits per heavy atom. The Balaban J connectivity index is 1.95. The fraction of sp³-hybridized carbons (Fsp3) is 0.842. The maximum atomic E-state index is 11.3. The Morgan fingerprint density at radius 2 is 1.78 bits per heavy atom. The molecule has 4 nitrogen and oxygen atoms in total. The number of aryl methyl sites for hydroxylation is 1. The van der Waals surface area contributed by atoms with E-state index in [0.717, 1.165) is 30.9 Å². The molecule has 23 heavy (non-hydrogen) atoms. The molecule has 1 aromatic rings. The predicted octanol–water partition coefficient (Wildman–Crippen LogP) is 5.13. The second kappa shape index (κ2) is 9.84. The molecule has 0 aliphatic heterocycles. The van der Waals surface area contributed by atoms with E-state index in [0.29, 0.717) is 11.6 Å². The van der Waals surface area contributed by atoms with E-state index in [2.05, 4.69) is 24.2 Å². The van der Waals surface area contributed by atoms with E-state index in [1.807, 2.05) is 4.68 Å². The van der Waals surface area contributed by atoms with Gasteiger partial charge in [0, 0.05) is 12.5 Å². The molecule has 1 fully saturated rings. The molecule has 0 radical (unpaired) electrons. The first-order valence-corrected chi connectivity index (χ1v) is 9.68. The highest BCUT2D eigenvalue weighted by Gasteiger charge is 2.27. The molecule has 1 saturated carbocycles. The molecule has 0 unspecified atom stereocenters. The first-order valence-electron chi connectivity index (χ1n) is 9.68. The van der Waals surface area contributed by atoms with Gasteiger partial charge in [-0.15, -0.1) is 5.10 Å². The van der Waals surface area contributed by atoms with Crippen LogP contribution in [-0.4, -0.2) is 21.3 Å². The third-order valence-electron chi connectivity index (χ3n) is 5.34. The average Bonchev–Trinajstić information content (AvgIpc) is 3.00. The topological polar surface area (TPSA) is 47.8 Å². The number of unbranched alkanes of at least 4 members (excludes halogenated alkanes) is 4. The Morgan fingerprint density at radius 3 is 2.43 bits per heavy atom. The van der Waals surface area contributed by atoms with Crippen LogP contribution in [0.5, 0.6) is 0 Å². The fourth-order valence-electron chi connectivity index (χ4n) is 3.91. The molecule has 1 aliphatic carbocycles. The van der Waals surface area contributed by atoms with Crippen LogP contribution in [0, 0.1) is 5.92 Å². The van der Waals surface area contributed by atoms with E-state index in [-0.39, 0.29) is 0 Å². The fourth-order valence-corrected chi connectivity index (χ4v) is 3.91. The van der Waals surface area contributed by atoms with Crippen LogP contribution in [0.3, 0.4) is 0 Å². The summed E-state index contributed by atoms with van der Waals surface area (Å²) in [6.07, 6.45) is 14.8. The lowest BCUT2D eigenvalue weighted by Gasteiger charge is -2.29. The van der Waals surface area contributed by atoms with E-state index in [9.17, 15) is 4.79 Å². The molecule has 0 atom stereocenters. The standard InChI is InChI=1S/C19H33N3O/c1-3-5-7-8-14-22-19(18(15-23)20-21-22)17-12-10-16(11-13-17)9-6-4-2/h15-17H,3-14H2,1-2H3. The molecular formula is C19H33N3O. The minimum Gasteiger partial charge on any atom is -0.296 e. The van der Waals surface area contributed by atoms with Gasteiger partial charge < -0.3 is 0 Å². The molecule has 130 valence electrons. The van der Waals surface area contributed by atoms with Crippen LogP contribution in [0.1, 0.15) is 107 Å². The lowest BCUT2D eigenvalue weighted by molar-refractivity contribution is 0.111. The largest absolute Gasteiger partial charge is 0.296 e. The lowest BCUT2D eigenvalue weighted by atomic mass is 9.78. The molecule has 0 spiro atoms. The van der Waals surface area contributed by atoms with Gasteiger partial charge in [0.2, 0.25) is 0 Å². The van der Waals surface area contributed by atoms with Crippen molar-refractivity contribution in [1.82, 2.24) is 15.0 Å². The van der Waals surface area contributed by atoms with Gasteiger partial charge in [-0.25, -0.2) is 4.68 Å². The number of hydrogen-bond donors (Lipinski definition) is 0. The Labute approximate surface area is 141 Å². The summed E-state index contributed by atoms with van der Waals surface area (Å²) in [4.78, 5) is 11.3. The molecule has 4 heteroatoms. The van der Waals surface area contributed by atoms with Gasteiger partial charge in [-0.05, 0) is 38.0 Å². The maximum absolute atomic E-state index is 11.3. The summed E-state index contributed by atoms with van der Waals surface area (Å²) in [6, 6.07) is 0. The van der Waals surface area contributed by atoms with E-state index in [4.69, 9.17) is 0 Å². The Kier molecular flexibility index (Phi) is 7.77. The van der Waals surface area contributed by atoms with Crippen LogP contribution in [0.25, 0.3) is 0 Å². The van der Waals surface area contributed by atoms with Crippen LogP contribution in [0.2, 0.25) is 0 Å². The summed E-state index contributed by atoms with van der Waals surface area (Å²) in [7, 11) is 0. The molecule has 1 aliphatic rings. The summed E-state index contributed by atoms with van der Waals surface area (Å²) in [5.41, 5.74) is 1.70. The molecule has 0 saturated heterocycles. The number of hydrogen-bond acceptors (Lipinski definition) is 3. The van der Waals surface area contributed by atoms with Crippen LogP contribution in [-0.2, 0) is 6.54 Å². The molecule has 0 N–H and O–H groups in total. The van der Waals surface area contributed by atoms with Crippen molar-refractivity contribution in [3.05, 3.63) is 11.4 Å². The number of carbonyl (C=O) groups excluding carboxylic acids is 1. The number of nitrogens with zero attached hydrogens (tertiary/aromatic N) is 3. The monoisotopic (exact) mass is 319 g/mol. The van der Waals surface area contributed by atoms with Crippen molar-refractivity contribution >= 4 is 6.29 Å². The second-order valence-corrected chi connectivity index (χ2v) is 7.12. The summed E-state index contributed by atoms with van der Waals surface area (Å²) >= 11 is 0. The highest BCUT2D eigenvalue weighted by molar-refractivity contribution is 5.73. The molecule has 1 heterocycles. The molecule has 0 aromatic carbocycles. The normalized spacial score (nSPS) is 21.5. The van der Waals surface area contributed by atoms with E-state index >= 15 is 0 Å². The van der Waals surface area contributed by atoms with Gasteiger partial charge in [-0.1, -0.05) is 57.6 Å². The van der Waals surface area contributed by atoms with Crippen molar-refractivity contribution in [1.29, 1.82) is 0 Å². The van der Waals surface area contributed by atoms with Crippen LogP contribution < -0.4 is 0 Å². The highest BCUT2D eigenvalue weighted by Crippen LogP contribution is 2.38. The number of aromatic nitrogens is 3. The van der Waals surface area contributed by atoms with Gasteiger partial charge in [-0.2, -0.15) is 0 Å². The summed E-state index contributed by atoms with van der Waals surface area (Å²) in [5, 5.41) is 8.39. The smallest absolute Gasteiger partial charge is 0.172 e. The Hall–Kier alpha value is -1.19. The van der Waals surface area contributed by atoms with Gasteiger partial charge in [0.1, 0.15) is 5.69 Å². The lowest BCUT2D eigenvalue weighted by Crippen LogP contribution is -2.18. The Bertz CT molecular complexity index is 461. The number of aldehydes is 1. The van der Waals surface area contributed by atoms with Crippen molar-refractivity contribution in [2.45, 2.75) is 96.9 Å². The van der Waals surface area contributed by atoms with Crippen LogP contribution in [0.4, 0.5) is 0 Å². The molecule has 2 rings (SSSR count). The zero-order valence-corrected chi connectivity index (χ0v) is 15.0. The summed E-state index contributed by atoms with van der Waals surface area (Å²) in [5.74, 6) is 1.37.